The molecule has 0 heterocycles. The molecule has 1 aromatic carbocycles. The molecular weight excluding hydrogens is 246 g/mol. The van der Waals surface area contributed by atoms with E-state index in [1.165, 1.54) is 38.5 Å². The normalized spacial score (nSPS) is 13.9. The van der Waals surface area contributed by atoms with Crippen LogP contribution in [0.1, 0.15) is 70.8 Å². The second kappa shape index (κ2) is 8.78. The maximum atomic E-state index is 11.8. The number of carbonyl (C=O) groups excluding carboxylic acids is 1. The lowest BCUT2D eigenvalue weighted by atomic mass is 9.77. The highest BCUT2D eigenvalue weighted by atomic mass is 16.1. The lowest BCUT2D eigenvalue weighted by molar-refractivity contribution is -0.123. The third kappa shape index (κ3) is 4.99. The minimum absolute atomic E-state index is 0.213. The minimum Gasteiger partial charge on any atom is -0.369 e. The Morgan fingerprint density at radius 1 is 1.00 bits per heavy atom. The highest BCUT2D eigenvalue weighted by Gasteiger charge is 2.32. The molecule has 0 saturated heterocycles. The van der Waals surface area contributed by atoms with Gasteiger partial charge in [-0.1, -0.05) is 82.2 Å². The van der Waals surface area contributed by atoms with Gasteiger partial charge in [-0.2, -0.15) is 0 Å². The van der Waals surface area contributed by atoms with Crippen molar-refractivity contribution >= 4 is 5.91 Å². The Morgan fingerprint density at radius 2 is 1.55 bits per heavy atom. The molecule has 0 spiro atoms. The van der Waals surface area contributed by atoms with Crippen LogP contribution in [0.15, 0.2) is 30.3 Å². The van der Waals surface area contributed by atoms with Crippen molar-refractivity contribution < 1.29 is 4.79 Å². The Bertz CT molecular complexity index is 388. The molecule has 1 aromatic rings. The van der Waals surface area contributed by atoms with Gasteiger partial charge in [-0.3, -0.25) is 4.79 Å². The molecule has 0 aliphatic carbocycles. The highest BCUT2D eigenvalue weighted by molar-refractivity contribution is 5.86. The summed E-state index contributed by atoms with van der Waals surface area (Å²) in [4.78, 5) is 11.8. The third-order valence-electron chi connectivity index (χ3n) is 4.24. The van der Waals surface area contributed by atoms with Crippen molar-refractivity contribution in [2.45, 2.75) is 70.6 Å². The second-order valence-corrected chi connectivity index (χ2v) is 5.93. The van der Waals surface area contributed by atoms with Crippen molar-refractivity contribution in [3.63, 3.8) is 0 Å². The summed E-state index contributed by atoms with van der Waals surface area (Å²) in [5.41, 5.74) is 6.16. The van der Waals surface area contributed by atoms with Crippen LogP contribution in [-0.2, 0) is 10.2 Å². The molecule has 1 rings (SSSR count). The van der Waals surface area contributed by atoms with Crippen LogP contribution >= 0.6 is 0 Å². The van der Waals surface area contributed by atoms with Crippen LogP contribution in [0.25, 0.3) is 0 Å². The number of rotatable bonds is 10. The predicted octanol–water partition coefficient (Wildman–Crippen LogP) is 4.57. The Morgan fingerprint density at radius 3 is 2.10 bits per heavy atom. The fourth-order valence-electron chi connectivity index (χ4n) is 2.65. The average molecular weight is 275 g/mol. The van der Waals surface area contributed by atoms with Gasteiger partial charge in [0.2, 0.25) is 5.91 Å². The Kier molecular flexibility index (Phi) is 7.35. The Labute approximate surface area is 123 Å². The van der Waals surface area contributed by atoms with E-state index < -0.39 is 5.41 Å². The molecule has 1 unspecified atom stereocenters. The van der Waals surface area contributed by atoms with Gasteiger partial charge in [0.25, 0.3) is 0 Å². The first-order valence-electron chi connectivity index (χ1n) is 7.96. The van der Waals surface area contributed by atoms with Gasteiger partial charge < -0.3 is 5.73 Å². The van der Waals surface area contributed by atoms with E-state index in [-0.39, 0.29) is 5.91 Å². The standard InChI is InChI=1S/C18H29NO/c1-3-4-5-6-7-8-12-15-18(2,17(19)20)16-13-10-9-11-14-16/h9-11,13-14H,3-8,12,15H2,1-2H3,(H2,19,20). The molecule has 0 fully saturated rings. The van der Waals surface area contributed by atoms with E-state index in [9.17, 15) is 4.79 Å². The van der Waals surface area contributed by atoms with Gasteiger partial charge in [0, 0.05) is 0 Å². The Balaban J connectivity index is 2.43. The van der Waals surface area contributed by atoms with Crippen molar-refractivity contribution in [1.82, 2.24) is 0 Å². The molecule has 0 aliphatic rings. The van der Waals surface area contributed by atoms with Gasteiger partial charge >= 0.3 is 0 Å². The molecule has 2 nitrogen and oxygen atoms in total. The summed E-state index contributed by atoms with van der Waals surface area (Å²) in [7, 11) is 0. The summed E-state index contributed by atoms with van der Waals surface area (Å²) in [5.74, 6) is -0.213. The first kappa shape index (κ1) is 16.7. The van der Waals surface area contributed by atoms with E-state index in [1.54, 1.807) is 0 Å². The van der Waals surface area contributed by atoms with Crippen LogP contribution in [0.3, 0.4) is 0 Å². The lowest BCUT2D eigenvalue weighted by Gasteiger charge is -2.26. The van der Waals surface area contributed by atoms with E-state index in [0.29, 0.717) is 0 Å². The highest BCUT2D eigenvalue weighted by Crippen LogP contribution is 2.29. The van der Waals surface area contributed by atoms with E-state index in [4.69, 9.17) is 5.73 Å². The summed E-state index contributed by atoms with van der Waals surface area (Å²) in [6.07, 6.45) is 9.65. The van der Waals surface area contributed by atoms with Crippen molar-refractivity contribution in [2.75, 3.05) is 0 Å². The first-order valence-corrected chi connectivity index (χ1v) is 7.96. The fourth-order valence-corrected chi connectivity index (χ4v) is 2.65. The van der Waals surface area contributed by atoms with Crippen LogP contribution in [0, 0.1) is 0 Å². The maximum absolute atomic E-state index is 11.8. The number of nitrogens with two attached hydrogens (primary N) is 1. The van der Waals surface area contributed by atoms with Crippen LogP contribution < -0.4 is 5.73 Å². The topological polar surface area (TPSA) is 43.1 Å². The molecule has 1 atom stereocenters. The summed E-state index contributed by atoms with van der Waals surface area (Å²) >= 11 is 0. The van der Waals surface area contributed by atoms with E-state index >= 15 is 0 Å². The molecular formula is C18H29NO. The molecule has 1 amide bonds. The zero-order chi connectivity index (χ0) is 14.8. The monoisotopic (exact) mass is 275 g/mol. The Hall–Kier alpha value is -1.31. The SMILES string of the molecule is CCCCCCCCCC(C)(C(N)=O)c1ccccc1. The van der Waals surface area contributed by atoms with Crippen LogP contribution in [0.2, 0.25) is 0 Å². The summed E-state index contributed by atoms with van der Waals surface area (Å²) in [6, 6.07) is 9.93. The molecule has 0 radical (unpaired) electrons. The van der Waals surface area contributed by atoms with Crippen LogP contribution in [0.5, 0.6) is 0 Å². The van der Waals surface area contributed by atoms with Crippen molar-refractivity contribution in [2.24, 2.45) is 5.73 Å². The quantitative estimate of drug-likeness (QED) is 0.624. The number of primary amides is 1. The maximum Gasteiger partial charge on any atom is 0.227 e. The van der Waals surface area contributed by atoms with E-state index in [1.807, 2.05) is 37.3 Å². The number of benzene rings is 1. The fraction of sp³-hybridized carbons (Fsp3) is 0.611. The molecule has 0 aliphatic heterocycles. The smallest absolute Gasteiger partial charge is 0.227 e. The lowest BCUT2D eigenvalue weighted by Crippen LogP contribution is -2.38. The molecule has 0 aromatic heterocycles. The summed E-state index contributed by atoms with van der Waals surface area (Å²) in [6.45, 7) is 4.21. The molecule has 20 heavy (non-hydrogen) atoms. The molecule has 2 N–H and O–H groups in total. The van der Waals surface area contributed by atoms with Crippen LogP contribution in [0.4, 0.5) is 0 Å². The number of amides is 1. The van der Waals surface area contributed by atoms with Crippen LogP contribution in [-0.4, -0.2) is 5.91 Å². The van der Waals surface area contributed by atoms with Crippen molar-refractivity contribution in [3.8, 4) is 0 Å². The number of hydrogen-bond donors (Lipinski definition) is 1. The van der Waals surface area contributed by atoms with E-state index in [2.05, 4.69) is 6.92 Å². The number of unbranched alkanes of at least 4 members (excludes halogenated alkanes) is 6. The molecule has 0 bridgehead atoms. The number of hydrogen-bond acceptors (Lipinski definition) is 1. The minimum atomic E-state index is -0.523. The third-order valence-corrected chi connectivity index (χ3v) is 4.24. The summed E-state index contributed by atoms with van der Waals surface area (Å²) in [5, 5.41) is 0. The molecule has 112 valence electrons. The van der Waals surface area contributed by atoms with Gasteiger partial charge in [0.05, 0.1) is 5.41 Å². The van der Waals surface area contributed by atoms with Crippen molar-refractivity contribution in [3.05, 3.63) is 35.9 Å². The largest absolute Gasteiger partial charge is 0.369 e. The van der Waals surface area contributed by atoms with Crippen molar-refractivity contribution in [1.29, 1.82) is 0 Å². The second-order valence-electron chi connectivity index (χ2n) is 5.93. The number of carbonyl (C=O) groups is 1. The molecule has 0 saturated carbocycles. The molecule has 2 heteroatoms. The summed E-state index contributed by atoms with van der Waals surface area (Å²) < 4.78 is 0. The zero-order valence-electron chi connectivity index (χ0n) is 13.0. The van der Waals surface area contributed by atoms with Gasteiger partial charge in [-0.05, 0) is 18.9 Å². The van der Waals surface area contributed by atoms with Gasteiger partial charge in [-0.25, -0.2) is 0 Å². The van der Waals surface area contributed by atoms with Gasteiger partial charge in [0.15, 0.2) is 0 Å². The van der Waals surface area contributed by atoms with Gasteiger partial charge in [-0.15, -0.1) is 0 Å². The average Bonchev–Trinajstić information content (AvgIpc) is 2.46. The van der Waals surface area contributed by atoms with E-state index in [0.717, 1.165) is 18.4 Å². The first-order chi connectivity index (χ1) is 9.61. The predicted molar refractivity (Wildman–Crippen MR) is 85.6 cm³/mol. The van der Waals surface area contributed by atoms with Gasteiger partial charge in [0.1, 0.15) is 0 Å². The zero-order valence-corrected chi connectivity index (χ0v) is 13.0.